The van der Waals surface area contributed by atoms with Crippen LogP contribution < -0.4 is 9.44 Å². The Labute approximate surface area is 418 Å². The van der Waals surface area contributed by atoms with Crippen LogP contribution in [0.4, 0.5) is 16.2 Å². The maximum Gasteiger partial charge on any atom is 0.410 e. The van der Waals surface area contributed by atoms with Crippen molar-refractivity contribution in [2.45, 2.75) is 77.0 Å². The number of fused-ring (bicyclic) bond motifs is 2. The number of carbonyl (C=O) groups is 3. The summed E-state index contributed by atoms with van der Waals surface area (Å²) in [4.78, 5) is 49.7. The predicted molar refractivity (Wildman–Crippen MR) is 263 cm³/mol. The third kappa shape index (κ3) is 14.3. The van der Waals surface area contributed by atoms with Crippen LogP contribution in [0.25, 0.3) is 11.3 Å². The molecule has 2 N–H and O–H groups in total. The number of imidazole rings is 2. The van der Waals surface area contributed by atoms with E-state index >= 15 is 0 Å². The van der Waals surface area contributed by atoms with Crippen LogP contribution in [0.2, 0.25) is 20.4 Å². The molecular formula is C43H47Cl5N10O8S2. The minimum atomic E-state index is -3.56. The maximum atomic E-state index is 13.5. The van der Waals surface area contributed by atoms with E-state index in [2.05, 4.69) is 29.6 Å². The highest BCUT2D eigenvalue weighted by atomic mass is 35.5. The first-order valence-electron chi connectivity index (χ1n) is 20.9. The van der Waals surface area contributed by atoms with E-state index in [-0.39, 0.29) is 46.6 Å². The zero-order valence-corrected chi connectivity index (χ0v) is 42.7. The number of anilines is 2. The van der Waals surface area contributed by atoms with Crippen molar-refractivity contribution < 1.29 is 36.0 Å². The summed E-state index contributed by atoms with van der Waals surface area (Å²) in [5.74, 6) is -0.309. The van der Waals surface area contributed by atoms with Gasteiger partial charge in [0.1, 0.15) is 15.9 Å². The summed E-state index contributed by atoms with van der Waals surface area (Å²) in [6, 6.07) is 15.2. The van der Waals surface area contributed by atoms with Crippen molar-refractivity contribution in [3.8, 4) is 0 Å². The zero-order chi connectivity index (χ0) is 49.7. The number of hydrogen-bond donors (Lipinski definition) is 2. The van der Waals surface area contributed by atoms with Gasteiger partial charge in [0.05, 0.1) is 70.9 Å². The van der Waals surface area contributed by atoms with Crippen molar-refractivity contribution in [3.05, 3.63) is 116 Å². The molecule has 8 rings (SSSR count). The monoisotopic (exact) mass is 1070 g/mol. The number of ether oxygens (including phenoxy) is 1. The van der Waals surface area contributed by atoms with Gasteiger partial charge in [-0.15, -0.1) is 0 Å². The Balaban J connectivity index is 0.000000178. The number of halogens is 5. The molecule has 2 aromatic carbocycles. The molecule has 18 nitrogen and oxygen atoms in total. The predicted octanol–water partition coefficient (Wildman–Crippen LogP) is 9.71. The molecular weight excluding hydrogens is 1030 g/mol. The molecule has 0 spiro atoms. The minimum Gasteiger partial charge on any atom is -0.444 e. The van der Waals surface area contributed by atoms with Crippen molar-refractivity contribution in [3.63, 3.8) is 0 Å². The van der Waals surface area contributed by atoms with E-state index < -0.39 is 30.9 Å². The van der Waals surface area contributed by atoms with Crippen LogP contribution in [0.3, 0.4) is 0 Å². The van der Waals surface area contributed by atoms with E-state index in [1.54, 1.807) is 43.2 Å². The molecule has 2 fully saturated rings. The SMILES string of the molecule is CC(C)(C)OC(=O)N1CCCC[C@H]1c1cn2nc(Cl)ccc2n1.CS(=O)(=O)Nc1ccc(Cl)cc1C(=O)Cl.CS(=O)(=O)Nc1ccc(Cl)cc1C(=O)N1CCCC[C@H]1c1cn2nc(Cl)ccc2n1. The third-order valence-electron chi connectivity index (χ3n) is 10.2. The van der Waals surface area contributed by atoms with Gasteiger partial charge in [0.2, 0.25) is 20.0 Å². The second kappa shape index (κ2) is 21.8. The van der Waals surface area contributed by atoms with Crippen LogP contribution in [-0.2, 0) is 24.8 Å². The average Bonchev–Trinajstić information content (AvgIpc) is 3.87. The van der Waals surface area contributed by atoms with Crippen molar-refractivity contribution in [2.24, 2.45) is 0 Å². The van der Waals surface area contributed by atoms with E-state index in [9.17, 15) is 31.2 Å². The topological polar surface area (TPSA) is 220 Å². The van der Waals surface area contributed by atoms with E-state index in [1.807, 2.05) is 33.0 Å². The molecule has 0 unspecified atom stereocenters. The molecule has 0 saturated carbocycles. The Morgan fingerprint density at radius 2 is 1.09 bits per heavy atom. The Morgan fingerprint density at radius 3 is 1.54 bits per heavy atom. The normalized spacial score (nSPS) is 16.6. The molecule has 2 aliphatic heterocycles. The molecule has 4 aromatic heterocycles. The number of likely N-dealkylation sites (tertiary alicyclic amines) is 2. The Morgan fingerprint density at radius 1 is 0.647 bits per heavy atom. The lowest BCUT2D eigenvalue weighted by atomic mass is 9.98. The lowest BCUT2D eigenvalue weighted by molar-refractivity contribution is 0.00902. The second-order valence-corrected chi connectivity index (χ2v) is 22.3. The fraction of sp³-hybridized carbons (Fsp3) is 0.372. The number of aromatic nitrogens is 6. The van der Waals surface area contributed by atoms with Crippen LogP contribution in [0.15, 0.2) is 73.1 Å². The second-order valence-electron chi connectivity index (χ2n) is 16.8. The maximum absolute atomic E-state index is 13.5. The van der Waals surface area contributed by atoms with Gasteiger partial charge in [-0.3, -0.25) is 23.9 Å². The van der Waals surface area contributed by atoms with Crippen molar-refractivity contribution in [2.75, 3.05) is 35.0 Å². The number of rotatable bonds is 8. The number of hydrogen-bond acceptors (Lipinski definition) is 12. The third-order valence-corrected chi connectivity index (χ3v) is 12.4. The van der Waals surface area contributed by atoms with Crippen LogP contribution in [-0.4, -0.2) is 104 Å². The Hall–Kier alpha value is -4.96. The number of amides is 2. The van der Waals surface area contributed by atoms with Crippen molar-refractivity contribution >= 4 is 118 Å². The van der Waals surface area contributed by atoms with Crippen molar-refractivity contribution in [1.29, 1.82) is 0 Å². The molecule has 2 atom stereocenters. The molecule has 2 aliphatic rings. The molecule has 0 aliphatic carbocycles. The smallest absolute Gasteiger partial charge is 0.410 e. The minimum absolute atomic E-state index is 0.0228. The van der Waals surface area contributed by atoms with Crippen molar-refractivity contribution in [1.82, 2.24) is 39.0 Å². The molecule has 2 saturated heterocycles. The summed E-state index contributed by atoms with van der Waals surface area (Å²) in [7, 11) is -7.01. The van der Waals surface area contributed by atoms with Gasteiger partial charge in [-0.1, -0.05) is 46.4 Å². The van der Waals surface area contributed by atoms with Crippen LogP contribution in [0.5, 0.6) is 0 Å². The van der Waals surface area contributed by atoms with E-state index in [0.29, 0.717) is 44.8 Å². The van der Waals surface area contributed by atoms with Gasteiger partial charge in [-0.2, -0.15) is 10.2 Å². The number of benzene rings is 2. The summed E-state index contributed by atoms with van der Waals surface area (Å²) < 4.78 is 58.8. The standard InChI is InChI=1S/C19H19Cl2N5O3S.C16H21ClN4O2.C8H7Cl2NO3S/c1-30(28,29)24-14-6-5-12(20)10-13(14)19(27)25-9-3-2-4-16(25)15-11-26-18(22-15)8-7-17(21)23-26;1-16(2,3)23-15(22)20-9-5-4-6-12(20)11-10-21-14(18-11)8-7-13(17)19-21;1-15(13,14)11-7-3-2-5(9)4-6(7)8(10)12/h5-8,10-11,16,24H,2-4,9H2,1H3;7-8,10,12H,4-6,9H2,1-3H3;2-4,11H,1H3/t16-;12-;/m00./s1. The van der Waals surface area contributed by atoms with E-state index in [4.69, 9.17) is 62.7 Å². The summed E-state index contributed by atoms with van der Waals surface area (Å²) in [6.45, 7) is 6.83. The molecule has 0 radical (unpaired) electrons. The Kier molecular flexibility index (Phi) is 16.8. The van der Waals surface area contributed by atoms with Gasteiger partial charge in [0.25, 0.3) is 11.1 Å². The van der Waals surface area contributed by atoms with Gasteiger partial charge in [0, 0.05) is 23.1 Å². The number of nitrogens with one attached hydrogen (secondary N) is 2. The fourth-order valence-electron chi connectivity index (χ4n) is 7.44. The van der Waals surface area contributed by atoms with Gasteiger partial charge < -0.3 is 9.64 Å². The number of piperidine rings is 2. The molecule has 364 valence electrons. The first-order valence-corrected chi connectivity index (χ1v) is 26.6. The molecule has 6 heterocycles. The number of carbonyl (C=O) groups excluding carboxylic acids is 3. The Bertz CT molecular complexity index is 3080. The highest BCUT2D eigenvalue weighted by Gasteiger charge is 2.34. The fourth-order valence-corrected chi connectivity index (χ4v) is 9.38. The summed E-state index contributed by atoms with van der Waals surface area (Å²) in [5.41, 5.74) is 2.91. The first-order chi connectivity index (χ1) is 31.8. The molecule has 68 heavy (non-hydrogen) atoms. The first kappa shape index (κ1) is 52.4. The van der Waals surface area contributed by atoms with Gasteiger partial charge in [0.15, 0.2) is 11.3 Å². The quantitative estimate of drug-likeness (QED) is 0.136. The van der Waals surface area contributed by atoms with E-state index in [0.717, 1.165) is 62.4 Å². The summed E-state index contributed by atoms with van der Waals surface area (Å²) >= 11 is 28.9. The average molecular weight is 1070 g/mol. The highest BCUT2D eigenvalue weighted by Crippen LogP contribution is 2.35. The summed E-state index contributed by atoms with van der Waals surface area (Å²) in [5, 5.41) is 9.04. The van der Waals surface area contributed by atoms with Crippen LogP contribution in [0.1, 0.15) is 103 Å². The number of nitrogens with zero attached hydrogens (tertiary/aromatic N) is 8. The molecule has 6 aromatic rings. The zero-order valence-electron chi connectivity index (χ0n) is 37.3. The lowest BCUT2D eigenvalue weighted by Crippen LogP contribution is -2.42. The highest BCUT2D eigenvalue weighted by molar-refractivity contribution is 7.92. The number of sulfonamides is 2. The van der Waals surface area contributed by atoms with Crippen LogP contribution >= 0.6 is 58.0 Å². The van der Waals surface area contributed by atoms with Gasteiger partial charge >= 0.3 is 6.09 Å². The van der Waals surface area contributed by atoms with E-state index in [1.165, 1.54) is 36.4 Å². The van der Waals surface area contributed by atoms with Gasteiger partial charge in [-0.05, 0) is 132 Å². The molecule has 2 amide bonds. The molecule has 25 heteroatoms. The summed E-state index contributed by atoms with van der Waals surface area (Å²) in [6.07, 6.45) is 10.8. The lowest BCUT2D eigenvalue weighted by Gasteiger charge is -2.35. The molecule has 0 bridgehead atoms. The van der Waals surface area contributed by atoms with Crippen LogP contribution in [0, 0.1) is 0 Å². The van der Waals surface area contributed by atoms with Gasteiger partial charge in [-0.25, -0.2) is 40.6 Å². The largest absolute Gasteiger partial charge is 0.444 e.